The number of hydrogen-bond donors (Lipinski definition) is 2. The second-order valence-corrected chi connectivity index (χ2v) is 5.54. The second-order valence-electron chi connectivity index (χ2n) is 3.70. The van der Waals surface area contributed by atoms with Gasteiger partial charge in [-0.2, -0.15) is 0 Å². The van der Waals surface area contributed by atoms with Gasteiger partial charge >= 0.3 is 5.97 Å². The number of carbonyl (C=O) groups is 1. The van der Waals surface area contributed by atoms with Crippen LogP contribution in [0, 0.1) is 0 Å². The van der Waals surface area contributed by atoms with Crippen molar-refractivity contribution < 1.29 is 22.7 Å². The van der Waals surface area contributed by atoms with E-state index in [4.69, 9.17) is 10.5 Å². The maximum Gasteiger partial charge on any atom is 0.306 e. The third-order valence-electron chi connectivity index (χ3n) is 2.33. The van der Waals surface area contributed by atoms with E-state index in [2.05, 4.69) is 9.46 Å². The average molecular weight is 288 g/mol. The molecule has 0 unspecified atom stereocenters. The van der Waals surface area contributed by atoms with Crippen LogP contribution in [0.5, 0.6) is 5.75 Å². The fraction of sp³-hybridized carbons (Fsp3) is 0.364. The Morgan fingerprint density at radius 1 is 1.37 bits per heavy atom. The first-order chi connectivity index (χ1) is 8.88. The Morgan fingerprint density at radius 2 is 2.05 bits per heavy atom. The van der Waals surface area contributed by atoms with Crippen molar-refractivity contribution in [3.05, 3.63) is 18.2 Å². The minimum atomic E-state index is -3.67. The Morgan fingerprint density at radius 3 is 2.63 bits per heavy atom. The summed E-state index contributed by atoms with van der Waals surface area (Å²) in [7, 11) is -1.02. The van der Waals surface area contributed by atoms with Gasteiger partial charge in [-0.25, -0.2) is 8.42 Å². The van der Waals surface area contributed by atoms with Crippen molar-refractivity contribution in [2.45, 2.75) is 6.42 Å². The Bertz CT molecular complexity index is 556. The molecule has 0 spiro atoms. The maximum absolute atomic E-state index is 11.8. The van der Waals surface area contributed by atoms with Gasteiger partial charge in [0.25, 0.3) is 0 Å². The van der Waals surface area contributed by atoms with Crippen molar-refractivity contribution in [2.24, 2.45) is 0 Å². The van der Waals surface area contributed by atoms with Gasteiger partial charge in [0, 0.05) is 6.07 Å². The lowest BCUT2D eigenvalue weighted by atomic mass is 10.2. The minimum absolute atomic E-state index is 0.212. The minimum Gasteiger partial charge on any atom is -0.497 e. The molecule has 7 nitrogen and oxygen atoms in total. The lowest BCUT2D eigenvalue weighted by molar-refractivity contribution is -0.140. The monoisotopic (exact) mass is 288 g/mol. The molecule has 0 amide bonds. The third kappa shape index (κ3) is 4.66. The van der Waals surface area contributed by atoms with Crippen molar-refractivity contribution in [3.63, 3.8) is 0 Å². The highest BCUT2D eigenvalue weighted by molar-refractivity contribution is 7.92. The van der Waals surface area contributed by atoms with Gasteiger partial charge in [0.2, 0.25) is 10.0 Å². The van der Waals surface area contributed by atoms with E-state index in [1.165, 1.54) is 26.4 Å². The molecule has 0 aromatic heterocycles. The number of nitrogens with one attached hydrogen (secondary N) is 1. The van der Waals surface area contributed by atoms with Crippen LogP contribution in [0.3, 0.4) is 0 Å². The molecule has 1 rings (SSSR count). The Labute approximate surface area is 111 Å². The van der Waals surface area contributed by atoms with Gasteiger partial charge in [-0.15, -0.1) is 0 Å². The molecule has 3 N–H and O–H groups in total. The molecule has 0 saturated carbocycles. The fourth-order valence-corrected chi connectivity index (χ4v) is 2.34. The van der Waals surface area contributed by atoms with Crippen LogP contribution in [-0.2, 0) is 19.6 Å². The summed E-state index contributed by atoms with van der Waals surface area (Å²) in [5, 5.41) is 0. The molecular weight excluding hydrogens is 272 g/mol. The molecule has 0 atom stereocenters. The second kappa shape index (κ2) is 6.28. The van der Waals surface area contributed by atoms with Crippen LogP contribution < -0.4 is 15.2 Å². The van der Waals surface area contributed by atoms with Gasteiger partial charge in [0.1, 0.15) is 5.75 Å². The van der Waals surface area contributed by atoms with Gasteiger partial charge in [0.05, 0.1) is 37.8 Å². The van der Waals surface area contributed by atoms with Crippen LogP contribution in [0.4, 0.5) is 11.4 Å². The molecule has 1 aromatic carbocycles. The summed E-state index contributed by atoms with van der Waals surface area (Å²) >= 11 is 0. The molecule has 0 aliphatic rings. The molecule has 0 aliphatic carbocycles. The average Bonchev–Trinajstić information content (AvgIpc) is 2.38. The predicted molar refractivity (Wildman–Crippen MR) is 71.4 cm³/mol. The van der Waals surface area contributed by atoms with Gasteiger partial charge in [-0.1, -0.05) is 0 Å². The topological polar surface area (TPSA) is 108 Å². The SMILES string of the molecule is COC(=O)CCS(=O)(=O)Nc1cc(OC)ccc1N. The summed E-state index contributed by atoms with van der Waals surface area (Å²) in [4.78, 5) is 10.9. The first-order valence-corrected chi connectivity index (χ1v) is 7.04. The number of methoxy groups -OCH3 is 2. The predicted octanol–water partition coefficient (Wildman–Crippen LogP) is 0.582. The van der Waals surface area contributed by atoms with Crippen molar-refractivity contribution in [1.82, 2.24) is 0 Å². The van der Waals surface area contributed by atoms with Crippen LogP contribution in [0.2, 0.25) is 0 Å². The zero-order valence-electron chi connectivity index (χ0n) is 10.7. The molecule has 0 bridgehead atoms. The number of sulfonamides is 1. The Hall–Kier alpha value is -1.96. The van der Waals surface area contributed by atoms with Gasteiger partial charge < -0.3 is 15.2 Å². The lowest BCUT2D eigenvalue weighted by Gasteiger charge is -2.11. The van der Waals surface area contributed by atoms with E-state index in [0.29, 0.717) is 5.75 Å². The van der Waals surface area contributed by atoms with E-state index in [1.54, 1.807) is 6.07 Å². The highest BCUT2D eigenvalue weighted by Crippen LogP contribution is 2.25. The number of nitrogen functional groups attached to an aromatic ring is 1. The van der Waals surface area contributed by atoms with E-state index in [9.17, 15) is 13.2 Å². The number of rotatable bonds is 6. The quantitative estimate of drug-likeness (QED) is 0.585. The third-order valence-corrected chi connectivity index (χ3v) is 3.60. The van der Waals surface area contributed by atoms with E-state index < -0.39 is 16.0 Å². The van der Waals surface area contributed by atoms with E-state index in [0.717, 1.165) is 0 Å². The number of ether oxygens (including phenoxy) is 2. The number of esters is 1. The number of nitrogens with two attached hydrogens (primary N) is 1. The van der Waals surface area contributed by atoms with Crippen molar-refractivity contribution in [2.75, 3.05) is 30.4 Å². The molecule has 0 heterocycles. The van der Waals surface area contributed by atoms with Crippen LogP contribution in [0.15, 0.2) is 18.2 Å². The largest absolute Gasteiger partial charge is 0.497 e. The zero-order chi connectivity index (χ0) is 14.5. The first-order valence-electron chi connectivity index (χ1n) is 5.39. The highest BCUT2D eigenvalue weighted by Gasteiger charge is 2.15. The van der Waals surface area contributed by atoms with Gasteiger partial charge in [-0.3, -0.25) is 9.52 Å². The Balaban J connectivity index is 2.80. The molecule has 106 valence electrons. The zero-order valence-corrected chi connectivity index (χ0v) is 11.5. The van der Waals surface area contributed by atoms with Crippen molar-refractivity contribution in [1.29, 1.82) is 0 Å². The number of carbonyl (C=O) groups excluding carboxylic acids is 1. The summed E-state index contributed by atoms with van der Waals surface area (Å²) < 4.78 is 35.2. The summed E-state index contributed by atoms with van der Waals surface area (Å²) in [5.74, 6) is -0.500. The fourth-order valence-electron chi connectivity index (χ4n) is 1.29. The molecule has 19 heavy (non-hydrogen) atoms. The number of anilines is 2. The van der Waals surface area contributed by atoms with Gasteiger partial charge in [0.15, 0.2) is 0 Å². The molecule has 0 aliphatic heterocycles. The first kappa shape index (κ1) is 15.1. The lowest BCUT2D eigenvalue weighted by Crippen LogP contribution is -2.20. The van der Waals surface area contributed by atoms with Crippen LogP contribution in [0.25, 0.3) is 0 Å². The van der Waals surface area contributed by atoms with Crippen LogP contribution in [-0.4, -0.2) is 34.4 Å². The molecule has 0 radical (unpaired) electrons. The Kier molecular flexibility index (Phi) is 4.99. The van der Waals surface area contributed by atoms with E-state index >= 15 is 0 Å². The van der Waals surface area contributed by atoms with Gasteiger partial charge in [-0.05, 0) is 12.1 Å². The highest BCUT2D eigenvalue weighted by atomic mass is 32.2. The standard InChI is InChI=1S/C11H16N2O5S/c1-17-8-3-4-9(12)10(7-8)13-19(15,16)6-5-11(14)18-2/h3-4,7,13H,5-6,12H2,1-2H3. The normalized spacial score (nSPS) is 10.8. The summed E-state index contributed by atoms with van der Waals surface area (Å²) in [6, 6.07) is 4.60. The smallest absolute Gasteiger partial charge is 0.306 e. The number of hydrogen-bond acceptors (Lipinski definition) is 6. The molecule has 1 aromatic rings. The van der Waals surface area contributed by atoms with Crippen molar-refractivity contribution in [3.8, 4) is 5.75 Å². The summed E-state index contributed by atoms with van der Waals surface area (Å²) in [6.45, 7) is 0. The molecule has 0 fully saturated rings. The summed E-state index contributed by atoms with van der Waals surface area (Å²) in [6.07, 6.45) is -0.226. The van der Waals surface area contributed by atoms with Crippen LogP contribution >= 0.6 is 0 Å². The maximum atomic E-state index is 11.8. The molecule has 8 heteroatoms. The molecular formula is C11H16N2O5S. The summed E-state index contributed by atoms with van der Waals surface area (Å²) in [5.41, 5.74) is 6.14. The van der Waals surface area contributed by atoms with E-state index in [-0.39, 0.29) is 23.5 Å². The molecule has 0 saturated heterocycles. The van der Waals surface area contributed by atoms with Crippen LogP contribution in [0.1, 0.15) is 6.42 Å². The van der Waals surface area contributed by atoms with E-state index in [1.807, 2.05) is 0 Å². The van der Waals surface area contributed by atoms with Crippen molar-refractivity contribution >= 4 is 27.4 Å². The number of benzene rings is 1.